The molecule has 0 bridgehead atoms. The van der Waals surface area contributed by atoms with Gasteiger partial charge in [0.2, 0.25) is 0 Å². The van der Waals surface area contributed by atoms with E-state index >= 15 is 0 Å². The van der Waals surface area contributed by atoms with E-state index in [9.17, 15) is 13.2 Å². The lowest BCUT2D eigenvalue weighted by atomic mass is 10.1. The van der Waals surface area contributed by atoms with Crippen LogP contribution in [0.3, 0.4) is 0 Å². The van der Waals surface area contributed by atoms with Crippen molar-refractivity contribution in [2.24, 2.45) is 0 Å². The van der Waals surface area contributed by atoms with Crippen LogP contribution in [0.1, 0.15) is 11.1 Å². The van der Waals surface area contributed by atoms with Gasteiger partial charge in [-0.3, -0.25) is 0 Å². The van der Waals surface area contributed by atoms with E-state index in [1.807, 2.05) is 0 Å². The lowest BCUT2D eigenvalue weighted by Crippen LogP contribution is -2.19. The molecular weight excluding hydrogens is 233 g/mol. The van der Waals surface area contributed by atoms with Gasteiger partial charge in [-0.2, -0.15) is 13.2 Å². The highest BCUT2D eigenvalue weighted by molar-refractivity contribution is 5.50. The molecule has 0 fully saturated rings. The molecule has 0 atom stereocenters. The van der Waals surface area contributed by atoms with Crippen LogP contribution in [0.25, 0.3) is 0 Å². The van der Waals surface area contributed by atoms with Crippen LogP contribution in [0.4, 0.5) is 18.9 Å². The molecule has 0 aliphatic rings. The third-order valence-corrected chi connectivity index (χ3v) is 2.23. The maximum Gasteiger partial charge on any atom is 0.418 e. The number of anilines is 1. The maximum atomic E-state index is 12.4. The molecule has 0 radical (unpaired) electrons. The molecule has 6 heteroatoms. The van der Waals surface area contributed by atoms with E-state index in [0.29, 0.717) is 25.3 Å². The van der Waals surface area contributed by atoms with Crippen molar-refractivity contribution >= 4 is 5.69 Å². The Labute approximate surface area is 97.8 Å². The molecule has 1 rings (SSSR count). The fourth-order valence-corrected chi connectivity index (χ4v) is 1.39. The number of hydrogen-bond donors (Lipinski definition) is 2. The van der Waals surface area contributed by atoms with Crippen LogP contribution in [0.2, 0.25) is 0 Å². The summed E-state index contributed by atoms with van der Waals surface area (Å²) in [5.41, 5.74) is 5.04. The molecule has 1 aromatic rings. The molecule has 0 aliphatic carbocycles. The molecule has 0 saturated carbocycles. The third kappa shape index (κ3) is 4.24. The van der Waals surface area contributed by atoms with E-state index < -0.39 is 11.7 Å². The summed E-state index contributed by atoms with van der Waals surface area (Å²) in [6.45, 7) is 1.65. The zero-order valence-electron chi connectivity index (χ0n) is 9.47. The first-order valence-corrected chi connectivity index (χ1v) is 5.10. The van der Waals surface area contributed by atoms with Gasteiger partial charge in [0.25, 0.3) is 0 Å². The van der Waals surface area contributed by atoms with Crippen molar-refractivity contribution in [3.63, 3.8) is 0 Å². The second-order valence-corrected chi connectivity index (χ2v) is 3.59. The number of methoxy groups -OCH3 is 1. The van der Waals surface area contributed by atoms with Gasteiger partial charge in [-0.25, -0.2) is 0 Å². The van der Waals surface area contributed by atoms with Crippen molar-refractivity contribution < 1.29 is 17.9 Å². The number of rotatable bonds is 5. The van der Waals surface area contributed by atoms with Crippen molar-refractivity contribution in [3.05, 3.63) is 29.3 Å². The van der Waals surface area contributed by atoms with Gasteiger partial charge in [-0.15, -0.1) is 0 Å². The molecule has 1 aromatic carbocycles. The molecule has 0 spiro atoms. The van der Waals surface area contributed by atoms with Crippen LogP contribution in [-0.2, 0) is 17.5 Å². The fourth-order valence-electron chi connectivity index (χ4n) is 1.39. The van der Waals surface area contributed by atoms with E-state index in [-0.39, 0.29) is 5.69 Å². The molecule has 3 N–H and O–H groups in total. The van der Waals surface area contributed by atoms with Crippen LogP contribution in [0.5, 0.6) is 0 Å². The van der Waals surface area contributed by atoms with Crippen molar-refractivity contribution in [1.29, 1.82) is 0 Å². The summed E-state index contributed by atoms with van der Waals surface area (Å²) in [4.78, 5) is 0. The molecule has 0 unspecified atom stereocenters. The number of hydrogen-bond acceptors (Lipinski definition) is 3. The number of nitrogen functional groups attached to an aromatic ring is 1. The van der Waals surface area contributed by atoms with Gasteiger partial charge < -0.3 is 15.8 Å². The van der Waals surface area contributed by atoms with Gasteiger partial charge in [-0.1, -0.05) is 6.07 Å². The van der Waals surface area contributed by atoms with E-state index in [0.717, 1.165) is 6.07 Å². The van der Waals surface area contributed by atoms with Crippen molar-refractivity contribution in [2.75, 3.05) is 26.0 Å². The fraction of sp³-hybridized carbons (Fsp3) is 0.455. The number of ether oxygens (including phenoxy) is 1. The molecule has 0 aliphatic heterocycles. The molecule has 0 saturated heterocycles. The summed E-state index contributed by atoms with van der Waals surface area (Å²) < 4.78 is 42.1. The van der Waals surface area contributed by atoms with E-state index in [1.54, 1.807) is 7.11 Å². The third-order valence-electron chi connectivity index (χ3n) is 2.23. The van der Waals surface area contributed by atoms with Crippen LogP contribution in [0, 0.1) is 0 Å². The monoisotopic (exact) mass is 248 g/mol. The van der Waals surface area contributed by atoms with Crippen LogP contribution >= 0.6 is 0 Å². The lowest BCUT2D eigenvalue weighted by molar-refractivity contribution is -0.136. The van der Waals surface area contributed by atoms with Crippen molar-refractivity contribution in [3.8, 4) is 0 Å². The smallest absolute Gasteiger partial charge is 0.398 e. The molecular formula is C11H15F3N2O. The van der Waals surface area contributed by atoms with Crippen LogP contribution in [0.15, 0.2) is 18.2 Å². The average molecular weight is 248 g/mol. The summed E-state index contributed by atoms with van der Waals surface area (Å²) in [5.74, 6) is 0. The molecule has 3 nitrogen and oxygen atoms in total. The molecule has 17 heavy (non-hydrogen) atoms. The summed E-state index contributed by atoms with van der Waals surface area (Å²) in [7, 11) is 1.58. The Morgan fingerprint density at radius 3 is 2.59 bits per heavy atom. The standard InChI is InChI=1S/C11H15F3N2O/c1-17-5-4-16-7-8-2-3-9(10(15)6-8)11(12,13)14/h2-3,6,16H,4-5,7,15H2,1H3. The number of nitrogens with two attached hydrogens (primary N) is 1. The Kier molecular flexibility index (Phi) is 4.77. The minimum atomic E-state index is -4.40. The van der Waals surface area contributed by atoms with Crippen LogP contribution in [-0.4, -0.2) is 20.3 Å². The summed E-state index contributed by atoms with van der Waals surface area (Å²) in [6, 6.07) is 3.75. The Morgan fingerprint density at radius 2 is 2.06 bits per heavy atom. The molecule has 0 amide bonds. The number of nitrogens with one attached hydrogen (secondary N) is 1. The largest absolute Gasteiger partial charge is 0.418 e. The van der Waals surface area contributed by atoms with E-state index in [1.165, 1.54) is 12.1 Å². The second-order valence-electron chi connectivity index (χ2n) is 3.59. The van der Waals surface area contributed by atoms with Gasteiger partial charge in [-0.05, 0) is 17.7 Å². The summed E-state index contributed by atoms with van der Waals surface area (Å²) in [5, 5.41) is 3.03. The highest BCUT2D eigenvalue weighted by Crippen LogP contribution is 2.33. The Balaban J connectivity index is 2.63. The van der Waals surface area contributed by atoms with Gasteiger partial charge in [0.1, 0.15) is 0 Å². The minimum absolute atomic E-state index is 0.247. The minimum Gasteiger partial charge on any atom is -0.398 e. The lowest BCUT2D eigenvalue weighted by Gasteiger charge is -2.11. The number of benzene rings is 1. The molecule has 96 valence electrons. The van der Waals surface area contributed by atoms with Gasteiger partial charge in [0.15, 0.2) is 0 Å². The first kappa shape index (κ1) is 13.8. The van der Waals surface area contributed by atoms with Gasteiger partial charge in [0.05, 0.1) is 12.2 Å². The maximum absolute atomic E-state index is 12.4. The quantitative estimate of drug-likeness (QED) is 0.619. The topological polar surface area (TPSA) is 47.3 Å². The van der Waals surface area contributed by atoms with E-state index in [2.05, 4.69) is 5.32 Å². The highest BCUT2D eigenvalue weighted by atomic mass is 19.4. The first-order valence-electron chi connectivity index (χ1n) is 5.10. The van der Waals surface area contributed by atoms with Gasteiger partial charge in [0, 0.05) is 25.9 Å². The number of alkyl halides is 3. The zero-order valence-corrected chi connectivity index (χ0v) is 9.47. The SMILES string of the molecule is COCCNCc1ccc(C(F)(F)F)c(N)c1. The summed E-state index contributed by atoms with van der Waals surface area (Å²) in [6.07, 6.45) is -4.40. The van der Waals surface area contributed by atoms with Crippen LogP contribution < -0.4 is 11.1 Å². The van der Waals surface area contributed by atoms with Crippen molar-refractivity contribution in [2.45, 2.75) is 12.7 Å². The molecule has 0 aromatic heterocycles. The Morgan fingerprint density at radius 1 is 1.35 bits per heavy atom. The van der Waals surface area contributed by atoms with E-state index in [4.69, 9.17) is 10.5 Å². The molecule has 0 heterocycles. The Bertz CT molecular complexity index is 366. The second kappa shape index (κ2) is 5.88. The predicted molar refractivity (Wildman–Crippen MR) is 59.4 cm³/mol. The predicted octanol–water partition coefficient (Wildman–Crippen LogP) is 2.02. The zero-order chi connectivity index (χ0) is 12.9. The normalized spacial score (nSPS) is 11.8. The Hall–Kier alpha value is -1.27. The first-order chi connectivity index (χ1) is 7.95. The van der Waals surface area contributed by atoms with Gasteiger partial charge >= 0.3 is 6.18 Å². The average Bonchev–Trinajstić information content (AvgIpc) is 2.23. The van der Waals surface area contributed by atoms with Crippen molar-refractivity contribution in [1.82, 2.24) is 5.32 Å². The summed E-state index contributed by atoms with van der Waals surface area (Å²) >= 11 is 0. The number of halogens is 3. The highest BCUT2D eigenvalue weighted by Gasteiger charge is 2.32.